The normalized spacial score (nSPS) is 37.9. The summed E-state index contributed by atoms with van der Waals surface area (Å²) < 4.78 is 11.9. The summed E-state index contributed by atoms with van der Waals surface area (Å²) in [5, 5.41) is 3.30. The fourth-order valence-corrected chi connectivity index (χ4v) is 6.84. The third-order valence-corrected chi connectivity index (χ3v) is 8.26. The zero-order chi connectivity index (χ0) is 20.8. The topological polar surface area (TPSA) is 47.6 Å². The molecule has 5 unspecified atom stereocenters. The van der Waals surface area contributed by atoms with Gasteiger partial charge in [-0.2, -0.15) is 0 Å². The van der Waals surface area contributed by atoms with Gasteiger partial charge in [0, 0.05) is 11.8 Å². The Labute approximate surface area is 185 Å². The number of rotatable bonds is 4. The standard InChI is InChI=1S/C25H34ClNO3/c1-2-3-4-22-12-21(26)15-25(30-22)10-8-18-11-17(5-6-19(18)14-25)20-7-9-24(13-20)16-29-23(28)27-24/h5-6,11,20-22H,2-4,7-10,12-16H2,1H3,(H,27,28). The summed E-state index contributed by atoms with van der Waals surface area (Å²) in [6, 6.07) is 7.08. The van der Waals surface area contributed by atoms with Crippen molar-refractivity contribution in [1.29, 1.82) is 0 Å². The van der Waals surface area contributed by atoms with Crippen LogP contribution in [0.1, 0.15) is 87.3 Å². The Bertz CT molecular complexity index is 814. The molecule has 5 heteroatoms. The number of aryl methyl sites for hydroxylation is 1. The number of carbonyl (C=O) groups is 1. The van der Waals surface area contributed by atoms with Gasteiger partial charge in [0.25, 0.3) is 0 Å². The van der Waals surface area contributed by atoms with Crippen LogP contribution >= 0.6 is 11.6 Å². The summed E-state index contributed by atoms with van der Waals surface area (Å²) in [5.74, 6) is 0.504. The first-order valence-electron chi connectivity index (χ1n) is 11.9. The number of hydrogen-bond acceptors (Lipinski definition) is 3. The molecule has 30 heavy (non-hydrogen) atoms. The third-order valence-electron chi connectivity index (χ3n) is 7.93. The number of cyclic esters (lactones) is 1. The maximum absolute atomic E-state index is 11.5. The number of alkyl halides is 1. The van der Waals surface area contributed by atoms with Crippen LogP contribution in [-0.2, 0) is 22.3 Å². The van der Waals surface area contributed by atoms with E-state index in [1.165, 1.54) is 29.5 Å². The Morgan fingerprint density at radius 1 is 1.23 bits per heavy atom. The molecule has 2 spiro atoms. The summed E-state index contributed by atoms with van der Waals surface area (Å²) in [6.45, 7) is 2.76. The van der Waals surface area contributed by atoms with Crippen LogP contribution in [0.3, 0.4) is 0 Å². The van der Waals surface area contributed by atoms with Crippen molar-refractivity contribution in [2.45, 2.75) is 106 Å². The molecule has 1 aromatic carbocycles. The number of nitrogens with one attached hydrogen (secondary N) is 1. The first-order chi connectivity index (χ1) is 14.5. The molecule has 1 aromatic rings. The van der Waals surface area contributed by atoms with Crippen molar-refractivity contribution in [2.24, 2.45) is 0 Å². The first kappa shape index (κ1) is 20.6. The van der Waals surface area contributed by atoms with Crippen LogP contribution in [0.4, 0.5) is 4.79 Å². The van der Waals surface area contributed by atoms with E-state index < -0.39 is 0 Å². The smallest absolute Gasteiger partial charge is 0.407 e. The van der Waals surface area contributed by atoms with Gasteiger partial charge in [0.2, 0.25) is 0 Å². The highest BCUT2D eigenvalue weighted by atomic mass is 35.5. The molecule has 2 aliphatic heterocycles. The minimum absolute atomic E-state index is 0.0690. The average Bonchev–Trinajstić information content (AvgIpc) is 3.31. The Morgan fingerprint density at radius 3 is 2.93 bits per heavy atom. The quantitative estimate of drug-likeness (QED) is 0.628. The molecule has 4 aliphatic rings. The van der Waals surface area contributed by atoms with Crippen LogP contribution < -0.4 is 5.32 Å². The van der Waals surface area contributed by atoms with Crippen molar-refractivity contribution < 1.29 is 14.3 Å². The molecule has 164 valence electrons. The molecular weight excluding hydrogens is 398 g/mol. The lowest BCUT2D eigenvalue weighted by Gasteiger charge is -2.46. The number of fused-ring (bicyclic) bond motifs is 1. The molecule has 2 heterocycles. The van der Waals surface area contributed by atoms with Crippen LogP contribution in [0, 0.1) is 0 Å². The third kappa shape index (κ3) is 3.98. The van der Waals surface area contributed by atoms with Crippen molar-refractivity contribution in [2.75, 3.05) is 6.61 Å². The Kier molecular flexibility index (Phi) is 5.51. The van der Waals surface area contributed by atoms with Crippen LogP contribution in [-0.4, -0.2) is 35.3 Å². The number of halogens is 1. The van der Waals surface area contributed by atoms with E-state index in [4.69, 9.17) is 21.1 Å². The van der Waals surface area contributed by atoms with Gasteiger partial charge >= 0.3 is 6.09 Å². The molecule has 5 rings (SSSR count). The van der Waals surface area contributed by atoms with E-state index >= 15 is 0 Å². The second-order valence-electron chi connectivity index (χ2n) is 10.2. The van der Waals surface area contributed by atoms with Crippen molar-refractivity contribution in [3.63, 3.8) is 0 Å². The Balaban J connectivity index is 1.29. The van der Waals surface area contributed by atoms with Crippen LogP contribution in [0.15, 0.2) is 18.2 Å². The van der Waals surface area contributed by atoms with Gasteiger partial charge in [-0.25, -0.2) is 4.79 Å². The van der Waals surface area contributed by atoms with Crippen LogP contribution in [0.5, 0.6) is 0 Å². The lowest BCUT2D eigenvalue weighted by Crippen LogP contribution is -2.48. The summed E-state index contributed by atoms with van der Waals surface area (Å²) >= 11 is 6.70. The van der Waals surface area contributed by atoms with Gasteiger partial charge in [-0.3, -0.25) is 0 Å². The zero-order valence-electron chi connectivity index (χ0n) is 18.1. The number of unbranched alkanes of at least 4 members (excludes halogenated alkanes) is 1. The van der Waals surface area contributed by atoms with Gasteiger partial charge < -0.3 is 14.8 Å². The maximum atomic E-state index is 11.5. The largest absolute Gasteiger partial charge is 0.447 e. The molecule has 4 nitrogen and oxygen atoms in total. The minimum Gasteiger partial charge on any atom is -0.447 e. The fraction of sp³-hybridized carbons (Fsp3) is 0.720. The van der Waals surface area contributed by atoms with Gasteiger partial charge in [0.1, 0.15) is 6.61 Å². The molecule has 5 atom stereocenters. The highest BCUT2D eigenvalue weighted by molar-refractivity contribution is 6.20. The molecule has 0 bridgehead atoms. The molecular formula is C25H34ClNO3. The number of ether oxygens (including phenoxy) is 2. The summed E-state index contributed by atoms with van der Waals surface area (Å²) in [7, 11) is 0. The van der Waals surface area contributed by atoms with Crippen LogP contribution in [0.25, 0.3) is 0 Å². The SMILES string of the molecule is CCCCC1CC(Cl)CC2(CCc3cc(C4CCC5(COC(=O)N5)C4)ccc3C2)O1. The molecule has 2 aliphatic carbocycles. The molecule has 2 saturated heterocycles. The molecule has 1 amide bonds. The van der Waals surface area contributed by atoms with E-state index in [2.05, 4.69) is 30.4 Å². The fourth-order valence-electron chi connectivity index (χ4n) is 6.36. The average molecular weight is 432 g/mol. The monoisotopic (exact) mass is 431 g/mol. The molecule has 0 aromatic heterocycles. The molecule has 3 fully saturated rings. The molecule has 1 N–H and O–H groups in total. The van der Waals surface area contributed by atoms with Crippen molar-refractivity contribution >= 4 is 17.7 Å². The van der Waals surface area contributed by atoms with E-state index in [1.54, 1.807) is 0 Å². The van der Waals surface area contributed by atoms with Gasteiger partial charge in [-0.05, 0) is 74.0 Å². The Hall–Kier alpha value is -1.26. The predicted molar refractivity (Wildman–Crippen MR) is 118 cm³/mol. The Morgan fingerprint density at radius 2 is 2.13 bits per heavy atom. The first-order valence-corrected chi connectivity index (χ1v) is 12.3. The van der Waals surface area contributed by atoms with E-state index in [0.717, 1.165) is 57.8 Å². The summed E-state index contributed by atoms with van der Waals surface area (Å²) in [4.78, 5) is 11.5. The van der Waals surface area contributed by atoms with Gasteiger partial charge in [-0.15, -0.1) is 11.6 Å². The number of amides is 1. The second kappa shape index (κ2) is 8.02. The highest BCUT2D eigenvalue weighted by Gasteiger charge is 2.46. The lowest BCUT2D eigenvalue weighted by atomic mass is 9.74. The lowest BCUT2D eigenvalue weighted by molar-refractivity contribution is -0.135. The number of benzene rings is 1. The second-order valence-corrected chi connectivity index (χ2v) is 10.8. The number of carbonyl (C=O) groups excluding carboxylic acids is 1. The van der Waals surface area contributed by atoms with E-state index in [9.17, 15) is 4.79 Å². The number of alkyl carbamates (subject to hydrolysis) is 1. The minimum atomic E-state index is -0.256. The van der Waals surface area contributed by atoms with Gasteiger partial charge in [0.05, 0.1) is 17.2 Å². The van der Waals surface area contributed by atoms with E-state index in [1.807, 2.05) is 0 Å². The van der Waals surface area contributed by atoms with Gasteiger partial charge in [0.15, 0.2) is 0 Å². The van der Waals surface area contributed by atoms with Crippen LogP contribution in [0.2, 0.25) is 0 Å². The predicted octanol–water partition coefficient (Wildman–Crippen LogP) is 5.64. The van der Waals surface area contributed by atoms with Crippen molar-refractivity contribution in [3.05, 3.63) is 34.9 Å². The van der Waals surface area contributed by atoms with Crippen molar-refractivity contribution in [3.8, 4) is 0 Å². The zero-order valence-corrected chi connectivity index (χ0v) is 18.8. The molecule has 1 saturated carbocycles. The number of hydrogen-bond donors (Lipinski definition) is 1. The maximum Gasteiger partial charge on any atom is 0.407 e. The highest BCUT2D eigenvalue weighted by Crippen LogP contribution is 2.46. The van der Waals surface area contributed by atoms with Gasteiger partial charge in [-0.1, -0.05) is 38.0 Å². The van der Waals surface area contributed by atoms with E-state index in [-0.39, 0.29) is 22.6 Å². The van der Waals surface area contributed by atoms with Crippen molar-refractivity contribution in [1.82, 2.24) is 5.32 Å². The molecule has 0 radical (unpaired) electrons. The summed E-state index contributed by atoms with van der Waals surface area (Å²) in [5.41, 5.74) is 4.13. The van der Waals surface area contributed by atoms with E-state index in [0.29, 0.717) is 18.6 Å². The summed E-state index contributed by atoms with van der Waals surface area (Å²) in [6.07, 6.45) is 11.9.